The molecule has 2 nitrogen and oxygen atoms in total. The molecular formula is C19H31NO. The third kappa shape index (κ3) is 4.82. The van der Waals surface area contributed by atoms with Crippen LogP contribution >= 0.6 is 0 Å². The van der Waals surface area contributed by atoms with Crippen LogP contribution in [-0.2, 0) is 0 Å². The van der Waals surface area contributed by atoms with Crippen molar-refractivity contribution in [2.24, 2.45) is 5.41 Å². The molecule has 2 rings (SSSR count). The van der Waals surface area contributed by atoms with Gasteiger partial charge in [-0.05, 0) is 41.7 Å². The molecule has 21 heavy (non-hydrogen) atoms. The molecule has 1 aliphatic carbocycles. The molecule has 0 amide bonds. The average Bonchev–Trinajstić information content (AvgIpc) is 2.44. The van der Waals surface area contributed by atoms with Gasteiger partial charge in [-0.3, -0.25) is 0 Å². The molecule has 2 N–H and O–H groups in total. The third-order valence-electron chi connectivity index (χ3n) is 4.79. The highest BCUT2D eigenvalue weighted by Crippen LogP contribution is 2.35. The van der Waals surface area contributed by atoms with Crippen molar-refractivity contribution in [3.05, 3.63) is 35.4 Å². The lowest BCUT2D eigenvalue weighted by Gasteiger charge is -2.36. The highest BCUT2D eigenvalue weighted by molar-refractivity contribution is 5.26. The van der Waals surface area contributed by atoms with Gasteiger partial charge in [0, 0.05) is 12.6 Å². The van der Waals surface area contributed by atoms with Crippen LogP contribution in [0.5, 0.6) is 0 Å². The number of rotatable bonds is 5. The topological polar surface area (TPSA) is 32.3 Å². The second-order valence-electron chi connectivity index (χ2n) is 7.70. The van der Waals surface area contributed by atoms with Gasteiger partial charge in [0.15, 0.2) is 0 Å². The molecule has 118 valence electrons. The van der Waals surface area contributed by atoms with Crippen molar-refractivity contribution in [2.45, 2.75) is 71.4 Å². The smallest absolute Gasteiger partial charge is 0.0914 e. The summed E-state index contributed by atoms with van der Waals surface area (Å²) in [6, 6.07) is 8.94. The molecule has 1 aromatic carbocycles. The third-order valence-corrected chi connectivity index (χ3v) is 4.79. The highest BCUT2D eigenvalue weighted by Gasteiger charge is 2.27. The van der Waals surface area contributed by atoms with Crippen LogP contribution in [0.15, 0.2) is 24.3 Å². The molecule has 2 heteroatoms. The second kappa shape index (κ2) is 6.93. The van der Waals surface area contributed by atoms with Crippen molar-refractivity contribution in [3.8, 4) is 0 Å². The van der Waals surface area contributed by atoms with Crippen LogP contribution in [0.2, 0.25) is 0 Å². The maximum Gasteiger partial charge on any atom is 0.0914 e. The fraction of sp³-hybridized carbons (Fsp3) is 0.684. The molecule has 0 aromatic heterocycles. The Morgan fingerprint density at radius 2 is 1.81 bits per heavy atom. The largest absolute Gasteiger partial charge is 0.387 e. The number of aliphatic hydroxyl groups excluding tert-OH is 1. The van der Waals surface area contributed by atoms with E-state index in [9.17, 15) is 5.11 Å². The molecule has 0 saturated heterocycles. The van der Waals surface area contributed by atoms with Crippen LogP contribution in [0.25, 0.3) is 0 Å². The van der Waals surface area contributed by atoms with Crippen molar-refractivity contribution in [1.29, 1.82) is 0 Å². The molecule has 1 fully saturated rings. The minimum atomic E-state index is -0.406. The fourth-order valence-electron chi connectivity index (χ4n) is 3.37. The van der Waals surface area contributed by atoms with Crippen molar-refractivity contribution < 1.29 is 5.11 Å². The molecule has 1 saturated carbocycles. The minimum Gasteiger partial charge on any atom is -0.387 e. The molecule has 0 bridgehead atoms. The lowest BCUT2D eigenvalue weighted by atomic mass is 9.75. The van der Waals surface area contributed by atoms with Crippen LogP contribution in [0.3, 0.4) is 0 Å². The van der Waals surface area contributed by atoms with Gasteiger partial charge in [0.05, 0.1) is 6.10 Å². The number of nitrogens with one attached hydrogen (secondary N) is 1. The molecule has 0 spiro atoms. The summed E-state index contributed by atoms with van der Waals surface area (Å²) in [5.41, 5.74) is 2.79. The van der Waals surface area contributed by atoms with Crippen LogP contribution in [0, 0.1) is 5.41 Å². The van der Waals surface area contributed by atoms with Crippen molar-refractivity contribution in [3.63, 3.8) is 0 Å². The lowest BCUT2D eigenvalue weighted by Crippen LogP contribution is -2.39. The van der Waals surface area contributed by atoms with E-state index in [1.165, 1.54) is 31.2 Å². The molecule has 2 unspecified atom stereocenters. The second-order valence-corrected chi connectivity index (χ2v) is 7.70. The Kier molecular flexibility index (Phi) is 5.45. The van der Waals surface area contributed by atoms with E-state index < -0.39 is 6.10 Å². The molecule has 0 radical (unpaired) electrons. The van der Waals surface area contributed by atoms with Crippen molar-refractivity contribution in [1.82, 2.24) is 5.32 Å². The monoisotopic (exact) mass is 289 g/mol. The Morgan fingerprint density at radius 3 is 2.38 bits per heavy atom. The van der Waals surface area contributed by atoms with Crippen LogP contribution in [0.4, 0.5) is 0 Å². The summed E-state index contributed by atoms with van der Waals surface area (Å²) in [7, 11) is 0. The zero-order chi connectivity index (χ0) is 15.5. The number of aliphatic hydroxyl groups is 1. The number of benzene rings is 1. The van der Waals surface area contributed by atoms with E-state index in [1.54, 1.807) is 0 Å². The molecular weight excluding hydrogens is 258 g/mol. The van der Waals surface area contributed by atoms with E-state index in [-0.39, 0.29) is 0 Å². The van der Waals surface area contributed by atoms with Gasteiger partial charge in [0.1, 0.15) is 0 Å². The molecule has 1 aliphatic rings. The Labute approximate surface area is 130 Å². The zero-order valence-electron chi connectivity index (χ0n) is 14.0. The number of hydrogen-bond acceptors (Lipinski definition) is 2. The normalized spacial score (nSPS) is 23.2. The predicted molar refractivity (Wildman–Crippen MR) is 89.5 cm³/mol. The van der Waals surface area contributed by atoms with E-state index >= 15 is 0 Å². The Morgan fingerprint density at radius 1 is 1.19 bits per heavy atom. The first-order valence-corrected chi connectivity index (χ1v) is 8.39. The van der Waals surface area contributed by atoms with Gasteiger partial charge >= 0.3 is 0 Å². The van der Waals surface area contributed by atoms with Gasteiger partial charge in [-0.25, -0.2) is 0 Å². The summed E-state index contributed by atoms with van der Waals surface area (Å²) in [5, 5.41) is 13.9. The Bertz CT molecular complexity index is 435. The lowest BCUT2D eigenvalue weighted by molar-refractivity contribution is 0.147. The van der Waals surface area contributed by atoms with Gasteiger partial charge in [0.2, 0.25) is 0 Å². The first-order valence-electron chi connectivity index (χ1n) is 8.39. The minimum absolute atomic E-state index is 0.406. The molecule has 1 aromatic rings. The Hall–Kier alpha value is -0.860. The summed E-state index contributed by atoms with van der Waals surface area (Å²) in [6.07, 6.45) is 4.67. The quantitative estimate of drug-likeness (QED) is 0.842. The van der Waals surface area contributed by atoms with Crippen molar-refractivity contribution >= 4 is 0 Å². The van der Waals surface area contributed by atoms with Gasteiger partial charge < -0.3 is 10.4 Å². The van der Waals surface area contributed by atoms with E-state index in [2.05, 4.69) is 57.3 Å². The number of hydrogen-bond donors (Lipinski definition) is 2. The van der Waals surface area contributed by atoms with Crippen LogP contribution in [-0.4, -0.2) is 17.7 Å². The van der Waals surface area contributed by atoms with Gasteiger partial charge in [-0.15, -0.1) is 0 Å². The molecule has 2 atom stereocenters. The SMILES string of the molecule is CC(C)c1ccc(C(O)CNC2CCCC(C)(C)C2)cc1. The molecule has 0 heterocycles. The summed E-state index contributed by atoms with van der Waals surface area (Å²) < 4.78 is 0. The van der Waals surface area contributed by atoms with Gasteiger partial charge in [-0.1, -0.05) is 58.4 Å². The molecule has 0 aliphatic heterocycles. The van der Waals surface area contributed by atoms with E-state index in [1.807, 2.05) is 0 Å². The summed E-state index contributed by atoms with van der Waals surface area (Å²) >= 11 is 0. The first kappa shape index (κ1) is 16.5. The maximum atomic E-state index is 10.3. The Balaban J connectivity index is 1.85. The fourth-order valence-corrected chi connectivity index (χ4v) is 3.37. The predicted octanol–water partition coefficient (Wildman–Crippen LogP) is 4.40. The summed E-state index contributed by atoms with van der Waals surface area (Å²) in [4.78, 5) is 0. The van der Waals surface area contributed by atoms with Crippen LogP contribution < -0.4 is 5.32 Å². The van der Waals surface area contributed by atoms with Gasteiger partial charge in [0.25, 0.3) is 0 Å². The summed E-state index contributed by atoms with van der Waals surface area (Å²) in [5.74, 6) is 0.541. The average molecular weight is 289 g/mol. The first-order chi connectivity index (χ1) is 9.87. The van der Waals surface area contributed by atoms with E-state index in [0.29, 0.717) is 23.9 Å². The summed E-state index contributed by atoms with van der Waals surface area (Å²) in [6.45, 7) is 9.74. The van der Waals surface area contributed by atoms with Crippen molar-refractivity contribution in [2.75, 3.05) is 6.54 Å². The zero-order valence-corrected chi connectivity index (χ0v) is 14.0. The van der Waals surface area contributed by atoms with Gasteiger partial charge in [-0.2, -0.15) is 0 Å². The standard InChI is InChI=1S/C19H31NO/c1-14(2)15-7-9-16(10-8-15)18(21)13-20-17-6-5-11-19(3,4)12-17/h7-10,14,17-18,20-21H,5-6,11-13H2,1-4H3. The maximum absolute atomic E-state index is 10.3. The van der Waals surface area contributed by atoms with Crippen LogP contribution in [0.1, 0.15) is 76.5 Å². The highest BCUT2D eigenvalue weighted by atomic mass is 16.3. The van der Waals surface area contributed by atoms with E-state index in [0.717, 1.165) is 5.56 Å². The van der Waals surface area contributed by atoms with E-state index in [4.69, 9.17) is 0 Å².